The van der Waals surface area contributed by atoms with Gasteiger partial charge in [-0.15, -0.1) is 11.3 Å². The van der Waals surface area contributed by atoms with Crippen molar-refractivity contribution in [1.29, 1.82) is 0 Å². The maximum absolute atomic E-state index is 5.69. The van der Waals surface area contributed by atoms with E-state index in [1.165, 1.54) is 36.4 Å². The van der Waals surface area contributed by atoms with Gasteiger partial charge in [-0.3, -0.25) is 4.90 Å². The van der Waals surface area contributed by atoms with E-state index in [1.807, 2.05) is 11.3 Å². The van der Waals surface area contributed by atoms with Gasteiger partial charge in [-0.25, -0.2) is 0 Å². The fourth-order valence-electron chi connectivity index (χ4n) is 2.15. The lowest BCUT2D eigenvalue weighted by atomic mass is 9.97. The Morgan fingerprint density at radius 3 is 2.73 bits per heavy atom. The van der Waals surface area contributed by atoms with Gasteiger partial charge in [0.2, 0.25) is 0 Å². The molecule has 1 fully saturated rings. The van der Waals surface area contributed by atoms with Crippen LogP contribution in [0, 0.1) is 12.8 Å². The Morgan fingerprint density at radius 1 is 1.47 bits per heavy atom. The zero-order chi connectivity index (χ0) is 10.7. The van der Waals surface area contributed by atoms with E-state index in [4.69, 9.17) is 5.73 Å². The number of rotatable bonds is 3. The third-order valence-corrected chi connectivity index (χ3v) is 4.38. The van der Waals surface area contributed by atoms with Gasteiger partial charge in [0.05, 0.1) is 0 Å². The summed E-state index contributed by atoms with van der Waals surface area (Å²) < 4.78 is 0. The normalized spacial score (nSPS) is 19.6. The van der Waals surface area contributed by atoms with Crippen molar-refractivity contribution in [2.45, 2.75) is 26.3 Å². The molecule has 15 heavy (non-hydrogen) atoms. The summed E-state index contributed by atoms with van der Waals surface area (Å²) in [6, 6.07) is 2.21. The highest BCUT2D eigenvalue weighted by molar-refractivity contribution is 7.10. The molecule has 1 aliphatic rings. The first kappa shape index (κ1) is 11.1. The first-order valence-electron chi connectivity index (χ1n) is 5.75. The van der Waals surface area contributed by atoms with E-state index >= 15 is 0 Å². The number of thiophene rings is 1. The first-order chi connectivity index (χ1) is 7.29. The third kappa shape index (κ3) is 2.80. The van der Waals surface area contributed by atoms with Crippen LogP contribution in [0.3, 0.4) is 0 Å². The van der Waals surface area contributed by atoms with Gasteiger partial charge < -0.3 is 5.73 Å². The van der Waals surface area contributed by atoms with E-state index in [0.717, 1.165) is 19.0 Å². The van der Waals surface area contributed by atoms with Crippen molar-refractivity contribution in [3.05, 3.63) is 21.9 Å². The Bertz CT molecular complexity index is 300. The van der Waals surface area contributed by atoms with Crippen LogP contribution >= 0.6 is 11.3 Å². The third-order valence-electron chi connectivity index (χ3n) is 3.38. The van der Waals surface area contributed by atoms with Crippen LogP contribution in [-0.2, 0) is 6.54 Å². The Balaban J connectivity index is 1.85. The standard InChI is InChI=1S/C12H20N2S/c1-10-4-7-15-12(10)9-14-5-2-11(8-13)3-6-14/h4,7,11H,2-3,5-6,8-9,13H2,1H3. The average Bonchev–Trinajstić information content (AvgIpc) is 2.66. The van der Waals surface area contributed by atoms with Crippen LogP contribution in [0.1, 0.15) is 23.3 Å². The van der Waals surface area contributed by atoms with Crippen molar-refractivity contribution >= 4 is 11.3 Å². The molecule has 1 aliphatic heterocycles. The summed E-state index contributed by atoms with van der Waals surface area (Å²) in [6.07, 6.45) is 2.56. The van der Waals surface area contributed by atoms with Gasteiger partial charge in [-0.05, 0) is 62.3 Å². The quantitative estimate of drug-likeness (QED) is 0.853. The lowest BCUT2D eigenvalue weighted by Crippen LogP contribution is -2.35. The van der Waals surface area contributed by atoms with E-state index in [0.29, 0.717) is 0 Å². The summed E-state index contributed by atoms with van der Waals surface area (Å²) in [6.45, 7) is 6.66. The molecule has 2 rings (SSSR count). The summed E-state index contributed by atoms with van der Waals surface area (Å²) in [7, 11) is 0. The van der Waals surface area contributed by atoms with Crippen LogP contribution in [0.5, 0.6) is 0 Å². The maximum atomic E-state index is 5.69. The van der Waals surface area contributed by atoms with Gasteiger partial charge in [0.15, 0.2) is 0 Å². The number of hydrogen-bond acceptors (Lipinski definition) is 3. The molecule has 0 aliphatic carbocycles. The van der Waals surface area contributed by atoms with E-state index in [2.05, 4.69) is 23.3 Å². The Labute approximate surface area is 96.1 Å². The molecule has 0 amide bonds. The lowest BCUT2D eigenvalue weighted by Gasteiger charge is -2.31. The number of hydrogen-bond donors (Lipinski definition) is 1. The largest absolute Gasteiger partial charge is 0.330 e. The molecule has 2 heterocycles. The number of nitrogens with zero attached hydrogens (tertiary/aromatic N) is 1. The molecule has 0 spiro atoms. The summed E-state index contributed by atoms with van der Waals surface area (Å²) in [5, 5.41) is 2.19. The van der Waals surface area contributed by atoms with Crippen molar-refractivity contribution in [3.63, 3.8) is 0 Å². The van der Waals surface area contributed by atoms with Gasteiger partial charge in [0, 0.05) is 11.4 Å². The SMILES string of the molecule is Cc1ccsc1CN1CCC(CN)CC1. The van der Waals surface area contributed by atoms with E-state index in [-0.39, 0.29) is 0 Å². The van der Waals surface area contributed by atoms with Crippen LogP contribution in [0.4, 0.5) is 0 Å². The number of piperidine rings is 1. The molecule has 1 saturated heterocycles. The smallest absolute Gasteiger partial charge is 0.0330 e. The highest BCUT2D eigenvalue weighted by Gasteiger charge is 2.18. The molecule has 0 aromatic carbocycles. The molecule has 0 unspecified atom stereocenters. The molecular weight excluding hydrogens is 204 g/mol. The predicted molar refractivity (Wildman–Crippen MR) is 66.1 cm³/mol. The molecular formula is C12H20N2S. The van der Waals surface area contributed by atoms with Crippen LogP contribution in [0.2, 0.25) is 0 Å². The van der Waals surface area contributed by atoms with Gasteiger partial charge in [-0.2, -0.15) is 0 Å². The molecule has 1 aromatic rings. The molecule has 84 valence electrons. The van der Waals surface area contributed by atoms with Gasteiger partial charge in [0.1, 0.15) is 0 Å². The van der Waals surface area contributed by atoms with Crippen molar-refractivity contribution in [2.75, 3.05) is 19.6 Å². The fourth-order valence-corrected chi connectivity index (χ4v) is 3.10. The molecule has 1 aromatic heterocycles. The van der Waals surface area contributed by atoms with Crippen molar-refractivity contribution in [1.82, 2.24) is 4.90 Å². The molecule has 0 atom stereocenters. The van der Waals surface area contributed by atoms with E-state index in [1.54, 1.807) is 0 Å². The minimum absolute atomic E-state index is 0.769. The zero-order valence-electron chi connectivity index (χ0n) is 9.41. The molecule has 3 heteroatoms. The highest BCUT2D eigenvalue weighted by atomic mass is 32.1. The Hall–Kier alpha value is -0.380. The molecule has 2 nitrogen and oxygen atoms in total. The summed E-state index contributed by atoms with van der Waals surface area (Å²) in [5.41, 5.74) is 7.14. The second-order valence-corrected chi connectivity index (χ2v) is 5.48. The van der Waals surface area contributed by atoms with Gasteiger partial charge in [-0.1, -0.05) is 0 Å². The Morgan fingerprint density at radius 2 is 2.20 bits per heavy atom. The van der Waals surface area contributed by atoms with Gasteiger partial charge in [0.25, 0.3) is 0 Å². The van der Waals surface area contributed by atoms with Crippen LogP contribution in [0.15, 0.2) is 11.4 Å². The zero-order valence-corrected chi connectivity index (χ0v) is 10.2. The van der Waals surface area contributed by atoms with E-state index in [9.17, 15) is 0 Å². The molecule has 0 saturated carbocycles. The predicted octanol–water partition coefficient (Wildman–Crippen LogP) is 2.23. The van der Waals surface area contributed by atoms with Crippen molar-refractivity contribution < 1.29 is 0 Å². The van der Waals surface area contributed by atoms with E-state index < -0.39 is 0 Å². The minimum atomic E-state index is 0.769. The average molecular weight is 224 g/mol. The highest BCUT2D eigenvalue weighted by Crippen LogP contribution is 2.22. The Kier molecular flexibility index (Phi) is 3.78. The lowest BCUT2D eigenvalue weighted by molar-refractivity contribution is 0.181. The van der Waals surface area contributed by atoms with Crippen molar-refractivity contribution in [3.8, 4) is 0 Å². The monoisotopic (exact) mass is 224 g/mol. The second-order valence-electron chi connectivity index (χ2n) is 4.48. The molecule has 0 radical (unpaired) electrons. The summed E-state index contributed by atoms with van der Waals surface area (Å²) in [5.74, 6) is 0.769. The fraction of sp³-hybridized carbons (Fsp3) is 0.667. The molecule has 2 N–H and O–H groups in total. The molecule has 0 bridgehead atoms. The van der Waals surface area contributed by atoms with Gasteiger partial charge >= 0.3 is 0 Å². The number of nitrogens with two attached hydrogens (primary N) is 1. The maximum Gasteiger partial charge on any atom is 0.0330 e. The number of aryl methyl sites for hydroxylation is 1. The summed E-state index contributed by atoms with van der Waals surface area (Å²) in [4.78, 5) is 4.09. The second kappa shape index (κ2) is 5.10. The number of likely N-dealkylation sites (tertiary alicyclic amines) is 1. The topological polar surface area (TPSA) is 29.3 Å². The summed E-state index contributed by atoms with van der Waals surface area (Å²) >= 11 is 1.88. The first-order valence-corrected chi connectivity index (χ1v) is 6.63. The van der Waals surface area contributed by atoms with Crippen LogP contribution < -0.4 is 5.73 Å². The van der Waals surface area contributed by atoms with Crippen molar-refractivity contribution in [2.24, 2.45) is 11.7 Å². The van der Waals surface area contributed by atoms with Crippen LogP contribution in [-0.4, -0.2) is 24.5 Å². The van der Waals surface area contributed by atoms with Crippen LogP contribution in [0.25, 0.3) is 0 Å². The minimum Gasteiger partial charge on any atom is -0.330 e.